The Balaban J connectivity index is 0.00000155. The van der Waals surface area contributed by atoms with E-state index in [4.69, 9.17) is 14.6 Å². The van der Waals surface area contributed by atoms with Crippen LogP contribution < -0.4 is 14.9 Å². The minimum absolute atomic E-state index is 0.0182. The van der Waals surface area contributed by atoms with E-state index in [9.17, 15) is 18.3 Å². The number of amides is 1. The van der Waals surface area contributed by atoms with Gasteiger partial charge in [0.05, 0.1) is 35.7 Å². The number of carboxylic acid groups (broad SMARTS) is 1. The quantitative estimate of drug-likeness (QED) is 0.172. The minimum Gasteiger partial charge on any atom is -0.483 e. The lowest BCUT2D eigenvalue weighted by Crippen LogP contribution is -2.49. The van der Waals surface area contributed by atoms with Gasteiger partial charge in [-0.2, -0.15) is 0 Å². The molecule has 0 spiro atoms. The van der Waals surface area contributed by atoms with Gasteiger partial charge in [0.2, 0.25) is 10.0 Å². The van der Waals surface area contributed by atoms with Gasteiger partial charge in [-0.3, -0.25) is 13.9 Å². The fourth-order valence-electron chi connectivity index (χ4n) is 5.03. The number of carbonyl (C=O) groups is 2. The van der Waals surface area contributed by atoms with Crippen LogP contribution in [0.3, 0.4) is 0 Å². The molecule has 1 aliphatic rings. The topological polar surface area (TPSA) is 150 Å². The Hall–Kier alpha value is -3.45. The van der Waals surface area contributed by atoms with Crippen molar-refractivity contribution in [2.24, 2.45) is 0 Å². The summed E-state index contributed by atoms with van der Waals surface area (Å²) in [6.07, 6.45) is 2.96. The molecule has 230 valence electrons. The third-order valence-electron chi connectivity index (χ3n) is 7.23. The lowest BCUT2D eigenvalue weighted by Gasteiger charge is -2.25. The van der Waals surface area contributed by atoms with Crippen LogP contribution in [-0.4, -0.2) is 86.8 Å². The van der Waals surface area contributed by atoms with Gasteiger partial charge >= 0.3 is 0 Å². The molecule has 1 amide bonds. The molecule has 2 aromatic carbocycles. The zero-order valence-electron chi connectivity index (χ0n) is 24.5. The average molecular weight is 603 g/mol. The number of aliphatic hydroxyl groups is 1. The van der Waals surface area contributed by atoms with Crippen LogP contribution in [-0.2, 0) is 38.9 Å². The van der Waals surface area contributed by atoms with Gasteiger partial charge < -0.3 is 30.2 Å². The van der Waals surface area contributed by atoms with Crippen LogP contribution in [0.15, 0.2) is 48.7 Å². The monoisotopic (exact) mass is 602 g/mol. The van der Waals surface area contributed by atoms with Gasteiger partial charge in [-0.25, -0.2) is 8.42 Å². The molecule has 3 aromatic rings. The molecular formula is C30H42N4O7S. The van der Waals surface area contributed by atoms with Gasteiger partial charge in [0.25, 0.3) is 12.4 Å². The van der Waals surface area contributed by atoms with Crippen molar-refractivity contribution < 1.29 is 33.0 Å². The minimum atomic E-state index is -3.51. The van der Waals surface area contributed by atoms with Crippen LogP contribution in [0.5, 0.6) is 0 Å². The van der Waals surface area contributed by atoms with Crippen molar-refractivity contribution in [2.45, 2.75) is 51.8 Å². The molecule has 0 bridgehead atoms. The Kier molecular flexibility index (Phi) is 12.3. The highest BCUT2D eigenvalue weighted by Crippen LogP contribution is 2.36. The van der Waals surface area contributed by atoms with Gasteiger partial charge in [0, 0.05) is 50.4 Å². The van der Waals surface area contributed by atoms with Crippen molar-refractivity contribution >= 4 is 39.0 Å². The molecule has 2 heterocycles. The number of hydrogen-bond donors (Lipinski definition) is 4. The third kappa shape index (κ3) is 8.31. The summed E-state index contributed by atoms with van der Waals surface area (Å²) in [5.74, 6) is -0.343. The molecular weight excluding hydrogens is 560 g/mol. The van der Waals surface area contributed by atoms with E-state index in [0.717, 1.165) is 28.5 Å². The zero-order chi connectivity index (χ0) is 30.7. The number of aryl methyl sites for hydroxylation is 2. The third-order valence-corrected chi connectivity index (χ3v) is 8.98. The van der Waals surface area contributed by atoms with E-state index in [1.165, 1.54) is 4.31 Å². The van der Waals surface area contributed by atoms with E-state index in [1.807, 2.05) is 49.5 Å². The van der Waals surface area contributed by atoms with Crippen LogP contribution in [0.1, 0.15) is 41.8 Å². The number of nitrogens with zero attached hydrogens (tertiary/aromatic N) is 2. The molecule has 0 unspecified atom stereocenters. The molecule has 0 saturated carbocycles. The van der Waals surface area contributed by atoms with E-state index in [0.29, 0.717) is 56.9 Å². The standard InChI is InChI=1S/C29H40N4O5S.CH2O2/c1-4-13-38-14-12-30-19-27(34)24(16-21-9-7-6-8-10-21)31-29(35)23-17-25-28-22(11-15-39(36,37)32(25)3)20-33(5-2)26(28)18-23;2-1-3/h6-10,17-18,20,24,27,30,34H,4-5,11-16,19H2,1-3H3,(H,31,35);1H,(H,2,3)/t24-,27+;/m0./s1. The molecule has 0 aliphatic carbocycles. The maximum Gasteiger partial charge on any atom is 0.290 e. The summed E-state index contributed by atoms with van der Waals surface area (Å²) in [7, 11) is -1.96. The Morgan fingerprint density at radius 1 is 1.17 bits per heavy atom. The molecule has 0 saturated heterocycles. The Bertz CT molecular complexity index is 1430. The number of hydrogen-bond acceptors (Lipinski definition) is 7. The van der Waals surface area contributed by atoms with Gasteiger partial charge in [-0.05, 0) is 49.4 Å². The first kappa shape index (κ1) is 33.1. The second-order valence-corrected chi connectivity index (χ2v) is 12.2. The van der Waals surface area contributed by atoms with Crippen LogP contribution in [0, 0.1) is 0 Å². The maximum atomic E-state index is 13.6. The molecule has 1 aliphatic heterocycles. The second kappa shape index (κ2) is 15.7. The highest BCUT2D eigenvalue weighted by atomic mass is 32.2. The van der Waals surface area contributed by atoms with Gasteiger partial charge in [0.15, 0.2) is 0 Å². The summed E-state index contributed by atoms with van der Waals surface area (Å²) >= 11 is 0. The van der Waals surface area contributed by atoms with E-state index in [1.54, 1.807) is 13.1 Å². The Labute approximate surface area is 247 Å². The molecule has 12 heteroatoms. The van der Waals surface area contributed by atoms with Crippen molar-refractivity contribution in [1.29, 1.82) is 0 Å². The number of aliphatic hydroxyl groups excluding tert-OH is 1. The predicted molar refractivity (Wildman–Crippen MR) is 164 cm³/mol. The van der Waals surface area contributed by atoms with E-state index < -0.39 is 22.2 Å². The van der Waals surface area contributed by atoms with Gasteiger partial charge in [-0.1, -0.05) is 37.3 Å². The van der Waals surface area contributed by atoms with Crippen LogP contribution in [0.4, 0.5) is 5.69 Å². The number of aromatic nitrogens is 1. The van der Waals surface area contributed by atoms with Crippen LogP contribution >= 0.6 is 0 Å². The number of benzene rings is 2. The fraction of sp³-hybridized carbons (Fsp3) is 0.467. The molecule has 42 heavy (non-hydrogen) atoms. The average Bonchev–Trinajstić information content (AvgIpc) is 3.31. The SMILES string of the molecule is CCCOCCNC[C@@H](O)[C@H](Cc1ccccc1)NC(=O)c1cc2c3c(cn(CC)c3c1)CCS(=O)(=O)N2C.O=CO. The number of ether oxygens (including phenoxy) is 1. The number of rotatable bonds is 13. The van der Waals surface area contributed by atoms with Gasteiger partial charge in [0.1, 0.15) is 0 Å². The van der Waals surface area contributed by atoms with E-state index in [-0.39, 0.29) is 18.1 Å². The molecule has 11 nitrogen and oxygen atoms in total. The summed E-state index contributed by atoms with van der Waals surface area (Å²) in [5.41, 5.74) is 3.64. The lowest BCUT2D eigenvalue weighted by atomic mass is 10.00. The Morgan fingerprint density at radius 2 is 1.88 bits per heavy atom. The lowest BCUT2D eigenvalue weighted by molar-refractivity contribution is -0.122. The fourth-order valence-corrected chi connectivity index (χ4v) is 6.23. The number of anilines is 1. The van der Waals surface area contributed by atoms with Crippen molar-refractivity contribution in [2.75, 3.05) is 43.4 Å². The van der Waals surface area contributed by atoms with Crippen LogP contribution in [0.25, 0.3) is 10.9 Å². The summed E-state index contributed by atoms with van der Waals surface area (Å²) in [6, 6.07) is 12.6. The Morgan fingerprint density at radius 3 is 2.55 bits per heavy atom. The molecule has 4 rings (SSSR count). The number of sulfonamides is 1. The molecule has 4 N–H and O–H groups in total. The van der Waals surface area contributed by atoms with E-state index in [2.05, 4.69) is 22.1 Å². The smallest absolute Gasteiger partial charge is 0.290 e. The van der Waals surface area contributed by atoms with Crippen molar-refractivity contribution in [3.05, 3.63) is 65.4 Å². The molecule has 1 aromatic heterocycles. The molecule has 0 fully saturated rings. The first-order valence-corrected chi connectivity index (χ1v) is 15.8. The molecule has 2 atom stereocenters. The maximum absolute atomic E-state index is 13.6. The highest BCUT2D eigenvalue weighted by Gasteiger charge is 2.29. The number of carbonyl (C=O) groups excluding carboxylic acids is 1. The molecule has 0 radical (unpaired) electrons. The summed E-state index contributed by atoms with van der Waals surface area (Å²) < 4.78 is 34.6. The van der Waals surface area contributed by atoms with Crippen molar-refractivity contribution in [3.8, 4) is 0 Å². The first-order valence-electron chi connectivity index (χ1n) is 14.2. The predicted octanol–water partition coefficient (Wildman–Crippen LogP) is 2.40. The second-order valence-electron chi connectivity index (χ2n) is 10.1. The summed E-state index contributed by atoms with van der Waals surface area (Å²) in [5, 5.41) is 25.1. The van der Waals surface area contributed by atoms with E-state index >= 15 is 0 Å². The normalized spacial score (nSPS) is 15.3. The number of nitrogens with one attached hydrogen (secondary N) is 2. The van der Waals surface area contributed by atoms with Gasteiger partial charge in [-0.15, -0.1) is 0 Å². The highest BCUT2D eigenvalue weighted by molar-refractivity contribution is 7.92. The summed E-state index contributed by atoms with van der Waals surface area (Å²) in [6.45, 7) is 6.66. The summed E-state index contributed by atoms with van der Waals surface area (Å²) in [4.78, 5) is 22.0. The van der Waals surface area contributed by atoms with Crippen LogP contribution in [0.2, 0.25) is 0 Å². The van der Waals surface area contributed by atoms with Crippen molar-refractivity contribution in [1.82, 2.24) is 15.2 Å². The largest absolute Gasteiger partial charge is 0.483 e. The first-order chi connectivity index (χ1) is 20.2. The van der Waals surface area contributed by atoms with Crippen molar-refractivity contribution in [3.63, 3.8) is 0 Å². The zero-order valence-corrected chi connectivity index (χ0v) is 25.3.